The first-order chi connectivity index (χ1) is 10.7. The number of amides is 2. The van der Waals surface area contributed by atoms with Gasteiger partial charge in [0.1, 0.15) is 5.60 Å². The smallest absolute Gasteiger partial charge is 0.410 e. The molecule has 1 aliphatic carbocycles. The Morgan fingerprint density at radius 2 is 1.91 bits per heavy atom. The minimum Gasteiger partial charge on any atom is -0.444 e. The number of carbonyl (C=O) groups excluding carboxylic acids is 2. The molecule has 6 nitrogen and oxygen atoms in total. The lowest BCUT2D eigenvalue weighted by molar-refractivity contribution is -0.127. The molecule has 2 N–H and O–H groups in total. The average Bonchev–Trinajstić information content (AvgIpc) is 2.45. The maximum Gasteiger partial charge on any atom is 0.410 e. The van der Waals surface area contributed by atoms with Gasteiger partial charge in [0.05, 0.1) is 12.0 Å². The molecule has 1 saturated carbocycles. The van der Waals surface area contributed by atoms with Crippen LogP contribution in [0.1, 0.15) is 59.3 Å². The molecule has 2 fully saturated rings. The lowest BCUT2D eigenvalue weighted by atomic mass is 9.91. The fourth-order valence-corrected chi connectivity index (χ4v) is 3.30. The van der Waals surface area contributed by atoms with Crippen LogP contribution in [-0.4, -0.2) is 52.8 Å². The number of hydrogen-bond acceptors (Lipinski definition) is 4. The van der Waals surface area contributed by atoms with Gasteiger partial charge in [0.2, 0.25) is 5.91 Å². The lowest BCUT2D eigenvalue weighted by Crippen LogP contribution is -2.49. The van der Waals surface area contributed by atoms with Crippen LogP contribution in [-0.2, 0) is 9.53 Å². The van der Waals surface area contributed by atoms with Crippen LogP contribution in [0.5, 0.6) is 0 Å². The first kappa shape index (κ1) is 18.0. The first-order valence-electron chi connectivity index (χ1n) is 8.71. The van der Waals surface area contributed by atoms with Gasteiger partial charge < -0.3 is 20.1 Å². The number of ether oxygens (including phenoxy) is 1. The van der Waals surface area contributed by atoms with Crippen molar-refractivity contribution < 1.29 is 19.4 Å². The number of aliphatic hydroxyl groups excluding tert-OH is 1. The monoisotopic (exact) mass is 326 g/mol. The fraction of sp³-hybridized carbons (Fsp3) is 0.882. The number of carbonyl (C=O) groups is 2. The van der Waals surface area contributed by atoms with E-state index in [1.54, 1.807) is 4.90 Å². The van der Waals surface area contributed by atoms with Crippen molar-refractivity contribution in [3.05, 3.63) is 0 Å². The Kier molecular flexibility index (Phi) is 5.89. The number of hydrogen-bond donors (Lipinski definition) is 2. The Bertz CT molecular complexity index is 433. The summed E-state index contributed by atoms with van der Waals surface area (Å²) in [5.74, 6) is -0.187. The van der Waals surface area contributed by atoms with E-state index in [4.69, 9.17) is 4.74 Å². The summed E-state index contributed by atoms with van der Waals surface area (Å²) in [6.07, 6.45) is 4.27. The van der Waals surface area contributed by atoms with E-state index in [1.807, 2.05) is 20.8 Å². The first-order valence-corrected chi connectivity index (χ1v) is 8.71. The van der Waals surface area contributed by atoms with Crippen molar-refractivity contribution in [2.75, 3.05) is 13.1 Å². The number of aliphatic hydroxyl groups is 1. The second kappa shape index (κ2) is 7.51. The number of piperidine rings is 1. The van der Waals surface area contributed by atoms with E-state index in [-0.39, 0.29) is 30.1 Å². The molecule has 0 bridgehead atoms. The molecule has 132 valence electrons. The van der Waals surface area contributed by atoms with Crippen molar-refractivity contribution in [1.82, 2.24) is 10.2 Å². The molecule has 2 amide bonds. The minimum absolute atomic E-state index is 0.00245. The largest absolute Gasteiger partial charge is 0.444 e. The van der Waals surface area contributed by atoms with Crippen molar-refractivity contribution in [2.24, 2.45) is 5.92 Å². The van der Waals surface area contributed by atoms with Crippen LogP contribution in [0, 0.1) is 5.92 Å². The normalized spacial score (nSPS) is 29.0. The van der Waals surface area contributed by atoms with Gasteiger partial charge in [0, 0.05) is 19.1 Å². The molecule has 0 spiro atoms. The average molecular weight is 326 g/mol. The van der Waals surface area contributed by atoms with E-state index in [0.717, 1.165) is 32.1 Å². The van der Waals surface area contributed by atoms with E-state index in [2.05, 4.69) is 5.32 Å². The Labute approximate surface area is 138 Å². The van der Waals surface area contributed by atoms with E-state index in [1.165, 1.54) is 0 Å². The Balaban J connectivity index is 1.85. The molecule has 1 saturated heterocycles. The second-order valence-corrected chi connectivity index (χ2v) is 7.79. The summed E-state index contributed by atoms with van der Waals surface area (Å²) in [5, 5.41) is 12.8. The molecular weight excluding hydrogens is 296 g/mol. The van der Waals surface area contributed by atoms with Crippen LogP contribution < -0.4 is 5.32 Å². The number of nitrogens with one attached hydrogen (secondary N) is 1. The van der Waals surface area contributed by atoms with Crippen molar-refractivity contribution in [1.29, 1.82) is 0 Å². The van der Waals surface area contributed by atoms with Gasteiger partial charge in [-0.25, -0.2) is 4.79 Å². The lowest BCUT2D eigenvalue weighted by Gasteiger charge is -2.34. The Morgan fingerprint density at radius 3 is 2.57 bits per heavy atom. The van der Waals surface area contributed by atoms with Crippen molar-refractivity contribution in [3.8, 4) is 0 Å². The molecule has 3 atom stereocenters. The molecule has 2 rings (SSSR count). The summed E-state index contributed by atoms with van der Waals surface area (Å²) in [5.41, 5.74) is -0.523. The van der Waals surface area contributed by atoms with E-state index in [0.29, 0.717) is 19.5 Å². The number of likely N-dealkylation sites (tertiary alicyclic amines) is 1. The summed E-state index contributed by atoms with van der Waals surface area (Å²) in [6, 6.07) is 0.0585. The van der Waals surface area contributed by atoms with Gasteiger partial charge in [0.25, 0.3) is 0 Å². The maximum absolute atomic E-state index is 12.5. The third-order valence-corrected chi connectivity index (χ3v) is 4.44. The van der Waals surface area contributed by atoms with Gasteiger partial charge in [-0.3, -0.25) is 4.79 Å². The van der Waals surface area contributed by atoms with Gasteiger partial charge in [0.15, 0.2) is 0 Å². The van der Waals surface area contributed by atoms with Crippen LogP contribution in [0.2, 0.25) is 0 Å². The molecule has 1 aliphatic heterocycles. The zero-order valence-corrected chi connectivity index (χ0v) is 14.5. The van der Waals surface area contributed by atoms with Crippen molar-refractivity contribution in [3.63, 3.8) is 0 Å². The highest BCUT2D eigenvalue weighted by Crippen LogP contribution is 2.22. The van der Waals surface area contributed by atoms with Crippen molar-refractivity contribution >= 4 is 12.0 Å². The van der Waals surface area contributed by atoms with Crippen LogP contribution in [0.4, 0.5) is 4.79 Å². The standard InChI is InChI=1S/C17H30N2O4/c1-17(2,3)23-16(22)19-9-5-6-12(11-19)15(21)18-13-7-4-8-14(20)10-13/h12-14,20H,4-11H2,1-3H3,(H,18,21)/t12-,13?,14?/m1/s1. The quantitative estimate of drug-likeness (QED) is 0.814. The fourth-order valence-electron chi connectivity index (χ4n) is 3.30. The highest BCUT2D eigenvalue weighted by atomic mass is 16.6. The van der Waals surface area contributed by atoms with Crippen LogP contribution in [0.25, 0.3) is 0 Å². The molecule has 2 unspecified atom stereocenters. The third kappa shape index (κ3) is 5.68. The molecule has 6 heteroatoms. The molecule has 0 aromatic carbocycles. The topological polar surface area (TPSA) is 78.9 Å². The molecule has 0 aromatic heterocycles. The van der Waals surface area contributed by atoms with Crippen LogP contribution in [0.3, 0.4) is 0 Å². The zero-order valence-electron chi connectivity index (χ0n) is 14.5. The minimum atomic E-state index is -0.523. The molecule has 23 heavy (non-hydrogen) atoms. The highest BCUT2D eigenvalue weighted by molar-refractivity contribution is 5.80. The highest BCUT2D eigenvalue weighted by Gasteiger charge is 2.32. The number of nitrogens with zero attached hydrogens (tertiary/aromatic N) is 1. The zero-order chi connectivity index (χ0) is 17.0. The Hall–Kier alpha value is -1.30. The predicted molar refractivity (Wildman–Crippen MR) is 86.9 cm³/mol. The second-order valence-electron chi connectivity index (χ2n) is 7.79. The summed E-state index contributed by atoms with van der Waals surface area (Å²) < 4.78 is 5.39. The summed E-state index contributed by atoms with van der Waals surface area (Å²) in [7, 11) is 0. The van der Waals surface area contributed by atoms with Gasteiger partial charge in [-0.15, -0.1) is 0 Å². The van der Waals surface area contributed by atoms with Crippen LogP contribution in [0.15, 0.2) is 0 Å². The van der Waals surface area contributed by atoms with E-state index >= 15 is 0 Å². The summed E-state index contributed by atoms with van der Waals surface area (Å²) in [6.45, 7) is 6.57. The van der Waals surface area contributed by atoms with Gasteiger partial charge in [-0.1, -0.05) is 0 Å². The maximum atomic E-state index is 12.5. The molecule has 2 aliphatic rings. The summed E-state index contributed by atoms with van der Waals surface area (Å²) >= 11 is 0. The number of rotatable bonds is 2. The summed E-state index contributed by atoms with van der Waals surface area (Å²) in [4.78, 5) is 26.2. The van der Waals surface area contributed by atoms with E-state index in [9.17, 15) is 14.7 Å². The van der Waals surface area contributed by atoms with Gasteiger partial charge >= 0.3 is 6.09 Å². The van der Waals surface area contributed by atoms with Gasteiger partial charge in [-0.2, -0.15) is 0 Å². The van der Waals surface area contributed by atoms with Crippen LogP contribution >= 0.6 is 0 Å². The van der Waals surface area contributed by atoms with E-state index < -0.39 is 5.60 Å². The predicted octanol–water partition coefficient (Wildman–Crippen LogP) is 2.05. The molecule has 0 aromatic rings. The third-order valence-electron chi connectivity index (χ3n) is 4.44. The molecular formula is C17H30N2O4. The molecule has 0 radical (unpaired) electrons. The van der Waals surface area contributed by atoms with Gasteiger partial charge in [-0.05, 0) is 59.3 Å². The SMILES string of the molecule is CC(C)(C)OC(=O)N1CCC[C@@H](C(=O)NC2CCCC(O)C2)C1. The molecule has 1 heterocycles. The van der Waals surface area contributed by atoms with Crippen molar-refractivity contribution in [2.45, 2.75) is 77.0 Å². The Morgan fingerprint density at radius 1 is 1.17 bits per heavy atom.